The van der Waals surface area contributed by atoms with Gasteiger partial charge in [0.15, 0.2) is 0 Å². The number of rotatable bonds is 17. The Labute approximate surface area is 247 Å². The number of carbonyl (C=O) groups is 3. The summed E-state index contributed by atoms with van der Waals surface area (Å²) >= 11 is 1.66. The van der Waals surface area contributed by atoms with Gasteiger partial charge >= 0.3 is 17.9 Å². The second kappa shape index (κ2) is 17.8. The smallest absolute Gasteiger partial charge is 0.343 e. The lowest BCUT2D eigenvalue weighted by Gasteiger charge is -2.08. The lowest BCUT2D eigenvalue weighted by molar-refractivity contribution is -0.137. The Balaban J connectivity index is 1.40. The van der Waals surface area contributed by atoms with Crippen LogP contribution in [0.25, 0.3) is 0 Å². The number of unbranched alkanes of at least 4 members (excludes halogenated alkanes) is 5. The van der Waals surface area contributed by atoms with E-state index < -0.39 is 17.9 Å². The van der Waals surface area contributed by atoms with E-state index >= 15 is 0 Å². The molecule has 0 fully saturated rings. The number of esters is 3. The van der Waals surface area contributed by atoms with Gasteiger partial charge in [0.25, 0.3) is 0 Å². The molecule has 6 nitrogen and oxygen atoms in total. The van der Waals surface area contributed by atoms with Crippen LogP contribution in [0.5, 0.6) is 11.5 Å². The van der Waals surface area contributed by atoms with Crippen molar-refractivity contribution in [3.8, 4) is 11.5 Å². The molecule has 0 saturated carbocycles. The molecule has 0 saturated heterocycles. The van der Waals surface area contributed by atoms with Crippen molar-refractivity contribution in [2.24, 2.45) is 0 Å². The van der Waals surface area contributed by atoms with Gasteiger partial charge in [0, 0.05) is 11.0 Å². The maximum atomic E-state index is 12.6. The Bertz CT molecular complexity index is 1250. The Morgan fingerprint density at radius 1 is 0.707 bits per heavy atom. The summed E-state index contributed by atoms with van der Waals surface area (Å²) < 4.78 is 15.9. The molecule has 0 aromatic heterocycles. The average Bonchev–Trinajstić information content (AvgIpc) is 3.00. The summed E-state index contributed by atoms with van der Waals surface area (Å²) in [6.07, 6.45) is 10.1. The predicted molar refractivity (Wildman–Crippen MR) is 163 cm³/mol. The molecule has 0 aliphatic carbocycles. The first-order valence-electron chi connectivity index (χ1n) is 14.1. The van der Waals surface area contributed by atoms with Crippen LogP contribution in [-0.4, -0.2) is 30.3 Å². The molecule has 0 bridgehead atoms. The van der Waals surface area contributed by atoms with Crippen molar-refractivity contribution < 1.29 is 28.6 Å². The molecule has 0 aliphatic heterocycles. The lowest BCUT2D eigenvalue weighted by atomic mass is 10.1. The van der Waals surface area contributed by atoms with Gasteiger partial charge in [-0.25, -0.2) is 14.4 Å². The number of hydrogen-bond donors (Lipinski definition) is 0. The van der Waals surface area contributed by atoms with Gasteiger partial charge in [0.2, 0.25) is 0 Å². The zero-order valence-electron chi connectivity index (χ0n) is 23.6. The van der Waals surface area contributed by atoms with Crippen molar-refractivity contribution in [1.82, 2.24) is 0 Å². The summed E-state index contributed by atoms with van der Waals surface area (Å²) in [6.45, 7) is 5.96. The van der Waals surface area contributed by atoms with Crippen LogP contribution in [0.1, 0.15) is 78.1 Å². The lowest BCUT2D eigenvalue weighted by Crippen LogP contribution is -2.10. The number of hydrogen-bond acceptors (Lipinski definition) is 7. The maximum Gasteiger partial charge on any atom is 0.343 e. The molecular formula is C34H38O6S. The van der Waals surface area contributed by atoms with Crippen LogP contribution in [0, 0.1) is 0 Å². The van der Waals surface area contributed by atoms with E-state index in [2.05, 4.69) is 13.5 Å². The third-order valence-electron chi connectivity index (χ3n) is 6.31. The molecule has 0 radical (unpaired) electrons. The van der Waals surface area contributed by atoms with E-state index in [4.69, 9.17) is 14.2 Å². The Kier molecular flexibility index (Phi) is 13.7. The fourth-order valence-corrected chi connectivity index (χ4v) is 4.87. The fraction of sp³-hybridized carbons (Fsp3) is 0.324. The molecule has 3 aromatic carbocycles. The van der Waals surface area contributed by atoms with Crippen molar-refractivity contribution in [2.75, 3.05) is 12.4 Å². The molecule has 0 amide bonds. The SMILES string of the molecule is C=CC(=O)OCCCCSc1ccc(C(=O)Oc2ccc(C(=O)Oc3ccc(CCCCCCC)cc3)cc2)cc1. The van der Waals surface area contributed by atoms with E-state index in [1.54, 1.807) is 48.2 Å². The van der Waals surface area contributed by atoms with Crippen LogP contribution in [0.15, 0.2) is 90.3 Å². The Morgan fingerprint density at radius 3 is 1.85 bits per heavy atom. The van der Waals surface area contributed by atoms with Gasteiger partial charge in [-0.1, -0.05) is 51.3 Å². The average molecular weight is 575 g/mol. The summed E-state index contributed by atoms with van der Waals surface area (Å²) in [5, 5.41) is 0. The first-order valence-corrected chi connectivity index (χ1v) is 15.1. The first-order chi connectivity index (χ1) is 20.0. The highest BCUT2D eigenvalue weighted by Gasteiger charge is 2.12. The monoisotopic (exact) mass is 574 g/mol. The quantitative estimate of drug-likeness (QED) is 0.0528. The molecule has 0 atom stereocenters. The highest BCUT2D eigenvalue weighted by Crippen LogP contribution is 2.22. The molecule has 0 aliphatic rings. The van der Waals surface area contributed by atoms with Crippen molar-refractivity contribution in [3.63, 3.8) is 0 Å². The summed E-state index contributed by atoms with van der Waals surface area (Å²) in [6, 6.07) is 21.1. The third-order valence-corrected chi connectivity index (χ3v) is 7.41. The topological polar surface area (TPSA) is 78.9 Å². The van der Waals surface area contributed by atoms with Gasteiger partial charge in [-0.3, -0.25) is 0 Å². The van der Waals surface area contributed by atoms with Gasteiger partial charge in [-0.2, -0.15) is 0 Å². The molecule has 7 heteroatoms. The number of thioether (sulfide) groups is 1. The molecule has 0 unspecified atom stereocenters. The third kappa shape index (κ3) is 11.7. The van der Waals surface area contributed by atoms with Crippen LogP contribution < -0.4 is 9.47 Å². The Morgan fingerprint density at radius 2 is 1.27 bits per heavy atom. The molecule has 0 heterocycles. The number of aryl methyl sites for hydroxylation is 1. The number of ether oxygens (including phenoxy) is 3. The molecular weight excluding hydrogens is 536 g/mol. The van der Waals surface area contributed by atoms with Crippen molar-refractivity contribution in [1.29, 1.82) is 0 Å². The molecule has 3 rings (SSSR count). The highest BCUT2D eigenvalue weighted by molar-refractivity contribution is 7.99. The van der Waals surface area contributed by atoms with Crippen molar-refractivity contribution in [3.05, 3.63) is 102 Å². The second-order valence-corrected chi connectivity index (χ2v) is 10.7. The van der Waals surface area contributed by atoms with Crippen molar-refractivity contribution in [2.45, 2.75) is 63.2 Å². The fourth-order valence-electron chi connectivity index (χ4n) is 3.96. The second-order valence-electron chi connectivity index (χ2n) is 9.56. The molecule has 41 heavy (non-hydrogen) atoms. The van der Waals surface area contributed by atoms with Crippen molar-refractivity contribution >= 4 is 29.7 Å². The van der Waals surface area contributed by atoms with Gasteiger partial charge in [-0.05, 0) is 97.7 Å². The Hall–Kier alpha value is -3.84. The minimum Gasteiger partial charge on any atom is -0.463 e. The number of carbonyl (C=O) groups excluding carboxylic acids is 3. The van der Waals surface area contributed by atoms with Gasteiger partial charge < -0.3 is 14.2 Å². The maximum absolute atomic E-state index is 12.6. The van der Waals surface area contributed by atoms with E-state index in [1.165, 1.54) is 37.7 Å². The van der Waals surface area contributed by atoms with Crippen LogP contribution in [0.2, 0.25) is 0 Å². The minimum atomic E-state index is -0.480. The zero-order chi connectivity index (χ0) is 29.3. The van der Waals surface area contributed by atoms with Crippen LogP contribution in [-0.2, 0) is 16.0 Å². The van der Waals surface area contributed by atoms with Crippen LogP contribution in [0.4, 0.5) is 0 Å². The van der Waals surface area contributed by atoms with Crippen LogP contribution in [0.3, 0.4) is 0 Å². The molecule has 0 spiro atoms. The summed E-state index contributed by atoms with van der Waals surface area (Å²) in [4.78, 5) is 37.2. The van der Waals surface area contributed by atoms with Gasteiger partial charge in [0.05, 0.1) is 17.7 Å². The van der Waals surface area contributed by atoms with E-state index in [9.17, 15) is 14.4 Å². The summed E-state index contributed by atoms with van der Waals surface area (Å²) in [5.41, 5.74) is 2.03. The summed E-state index contributed by atoms with van der Waals surface area (Å²) in [7, 11) is 0. The minimum absolute atomic E-state index is 0.338. The zero-order valence-corrected chi connectivity index (χ0v) is 24.5. The molecule has 3 aromatic rings. The van der Waals surface area contributed by atoms with Gasteiger partial charge in [0.1, 0.15) is 11.5 Å². The van der Waals surface area contributed by atoms with Crippen LogP contribution >= 0.6 is 11.8 Å². The predicted octanol–water partition coefficient (Wildman–Crippen LogP) is 8.24. The van der Waals surface area contributed by atoms with Gasteiger partial charge in [-0.15, -0.1) is 11.8 Å². The normalized spacial score (nSPS) is 10.6. The molecule has 0 N–H and O–H groups in total. The standard InChI is InChI=1S/C34H38O6S/c1-3-5-6-7-8-11-26-12-18-29(19-13-26)39-33(36)27-14-20-30(21-15-27)40-34(37)28-16-22-31(23-17-28)41-25-10-9-24-38-32(35)4-2/h4,12-23H,2-3,5-11,24-25H2,1H3. The number of benzene rings is 3. The largest absolute Gasteiger partial charge is 0.463 e. The van der Waals surface area contributed by atoms with E-state index in [0.717, 1.165) is 36.0 Å². The highest BCUT2D eigenvalue weighted by atomic mass is 32.2. The summed E-state index contributed by atoms with van der Waals surface area (Å²) in [5.74, 6) is 0.349. The van der Waals surface area contributed by atoms with E-state index in [0.29, 0.717) is 29.2 Å². The molecule has 216 valence electrons. The van der Waals surface area contributed by atoms with E-state index in [-0.39, 0.29) is 0 Å². The first kappa shape index (κ1) is 31.7. The van der Waals surface area contributed by atoms with E-state index in [1.807, 2.05) is 36.4 Å².